The number of anilines is 1. The van der Waals surface area contributed by atoms with Crippen LogP contribution in [0.15, 0.2) is 18.3 Å². The van der Waals surface area contributed by atoms with Crippen LogP contribution in [0.3, 0.4) is 0 Å². The van der Waals surface area contributed by atoms with Crippen LogP contribution < -0.4 is 5.73 Å². The predicted molar refractivity (Wildman–Crippen MR) is 53.4 cm³/mol. The van der Waals surface area contributed by atoms with Gasteiger partial charge in [-0.25, -0.2) is 0 Å². The number of nitrogens with two attached hydrogens (primary N) is 1. The van der Waals surface area contributed by atoms with Crippen LogP contribution >= 0.6 is 0 Å². The SMILES string of the molecule is Cc1cnn(C)c1-c1ccc(N)nn1. The van der Waals surface area contributed by atoms with Crippen molar-refractivity contribution in [1.29, 1.82) is 0 Å². The Morgan fingerprint density at radius 3 is 2.57 bits per heavy atom. The van der Waals surface area contributed by atoms with E-state index in [2.05, 4.69) is 15.3 Å². The molecular formula is C9H11N5. The fourth-order valence-corrected chi connectivity index (χ4v) is 1.38. The zero-order chi connectivity index (χ0) is 10.1. The lowest BCUT2D eigenvalue weighted by atomic mass is 10.2. The first-order valence-corrected chi connectivity index (χ1v) is 4.26. The first-order chi connectivity index (χ1) is 6.68. The lowest BCUT2D eigenvalue weighted by Crippen LogP contribution is -1.99. The minimum Gasteiger partial charge on any atom is -0.382 e. The second-order valence-electron chi connectivity index (χ2n) is 3.14. The summed E-state index contributed by atoms with van der Waals surface area (Å²) < 4.78 is 1.77. The highest BCUT2D eigenvalue weighted by molar-refractivity contribution is 5.58. The predicted octanol–water partition coefficient (Wildman–Crippen LogP) is 0.768. The van der Waals surface area contributed by atoms with Crippen molar-refractivity contribution in [2.24, 2.45) is 7.05 Å². The van der Waals surface area contributed by atoms with Gasteiger partial charge in [0.05, 0.1) is 11.9 Å². The number of nitrogens with zero attached hydrogens (tertiary/aromatic N) is 4. The molecule has 0 amide bonds. The third-order valence-corrected chi connectivity index (χ3v) is 2.05. The van der Waals surface area contributed by atoms with Crippen LogP contribution in [-0.2, 0) is 7.05 Å². The molecule has 0 aliphatic rings. The fraction of sp³-hybridized carbons (Fsp3) is 0.222. The molecule has 0 fully saturated rings. The van der Waals surface area contributed by atoms with Crippen LogP contribution in [0.2, 0.25) is 0 Å². The number of rotatable bonds is 1. The summed E-state index contributed by atoms with van der Waals surface area (Å²) in [4.78, 5) is 0. The lowest BCUT2D eigenvalue weighted by Gasteiger charge is -2.01. The molecular weight excluding hydrogens is 178 g/mol. The molecule has 5 heteroatoms. The molecule has 0 atom stereocenters. The van der Waals surface area contributed by atoms with E-state index in [0.717, 1.165) is 17.0 Å². The highest BCUT2D eigenvalue weighted by Crippen LogP contribution is 2.19. The molecule has 0 aliphatic carbocycles. The summed E-state index contributed by atoms with van der Waals surface area (Å²) in [5.74, 6) is 0.425. The number of aryl methyl sites for hydroxylation is 2. The summed E-state index contributed by atoms with van der Waals surface area (Å²) in [6.07, 6.45) is 1.80. The van der Waals surface area contributed by atoms with Crippen LogP contribution in [0.5, 0.6) is 0 Å². The van der Waals surface area contributed by atoms with Crippen LogP contribution in [0.1, 0.15) is 5.56 Å². The molecule has 0 saturated heterocycles. The van der Waals surface area contributed by atoms with Gasteiger partial charge in [0.2, 0.25) is 0 Å². The van der Waals surface area contributed by atoms with Gasteiger partial charge in [-0.1, -0.05) is 0 Å². The first kappa shape index (κ1) is 8.68. The highest BCUT2D eigenvalue weighted by Gasteiger charge is 2.08. The first-order valence-electron chi connectivity index (χ1n) is 4.26. The standard InChI is InChI=1S/C9H11N5/c1-6-5-11-14(2)9(6)7-3-4-8(10)13-12-7/h3-5H,1-2H3,(H2,10,13). The van der Waals surface area contributed by atoms with E-state index < -0.39 is 0 Å². The normalized spacial score (nSPS) is 10.4. The van der Waals surface area contributed by atoms with Gasteiger partial charge in [-0.3, -0.25) is 4.68 Å². The second kappa shape index (κ2) is 3.10. The molecule has 2 N–H and O–H groups in total. The van der Waals surface area contributed by atoms with E-state index in [1.54, 1.807) is 16.9 Å². The van der Waals surface area contributed by atoms with E-state index in [0.29, 0.717) is 5.82 Å². The molecule has 72 valence electrons. The summed E-state index contributed by atoms with van der Waals surface area (Å²) in [6, 6.07) is 3.57. The van der Waals surface area contributed by atoms with Gasteiger partial charge in [0.25, 0.3) is 0 Å². The largest absolute Gasteiger partial charge is 0.382 e. The average Bonchev–Trinajstić information content (AvgIpc) is 2.49. The number of hydrogen-bond donors (Lipinski definition) is 1. The molecule has 0 radical (unpaired) electrons. The Balaban J connectivity index is 2.54. The van der Waals surface area contributed by atoms with E-state index >= 15 is 0 Å². The van der Waals surface area contributed by atoms with E-state index in [-0.39, 0.29) is 0 Å². The molecule has 14 heavy (non-hydrogen) atoms. The third-order valence-electron chi connectivity index (χ3n) is 2.05. The Kier molecular flexibility index (Phi) is 1.92. The van der Waals surface area contributed by atoms with Crippen molar-refractivity contribution in [3.63, 3.8) is 0 Å². The molecule has 2 rings (SSSR count). The Labute approximate surface area is 81.6 Å². The monoisotopic (exact) mass is 189 g/mol. The number of aromatic nitrogens is 4. The van der Waals surface area contributed by atoms with Gasteiger partial charge in [-0.05, 0) is 24.6 Å². The van der Waals surface area contributed by atoms with Crippen molar-refractivity contribution in [1.82, 2.24) is 20.0 Å². The van der Waals surface area contributed by atoms with E-state index in [4.69, 9.17) is 5.73 Å². The molecule has 0 spiro atoms. The summed E-state index contributed by atoms with van der Waals surface area (Å²) in [5.41, 5.74) is 8.29. The fourth-order valence-electron chi connectivity index (χ4n) is 1.38. The Morgan fingerprint density at radius 2 is 2.07 bits per heavy atom. The Morgan fingerprint density at radius 1 is 1.29 bits per heavy atom. The summed E-state index contributed by atoms with van der Waals surface area (Å²) in [7, 11) is 1.88. The van der Waals surface area contributed by atoms with E-state index in [9.17, 15) is 0 Å². The van der Waals surface area contributed by atoms with Crippen molar-refractivity contribution >= 4 is 5.82 Å². The van der Waals surface area contributed by atoms with Gasteiger partial charge in [-0.15, -0.1) is 10.2 Å². The van der Waals surface area contributed by atoms with Crippen LogP contribution in [0.25, 0.3) is 11.4 Å². The minimum absolute atomic E-state index is 0.425. The molecule has 0 saturated carbocycles. The maximum absolute atomic E-state index is 5.46. The zero-order valence-corrected chi connectivity index (χ0v) is 8.10. The highest BCUT2D eigenvalue weighted by atomic mass is 15.3. The smallest absolute Gasteiger partial charge is 0.146 e. The van der Waals surface area contributed by atoms with Gasteiger partial charge in [0, 0.05) is 7.05 Å². The Hall–Kier alpha value is -1.91. The minimum atomic E-state index is 0.425. The van der Waals surface area contributed by atoms with Crippen molar-refractivity contribution in [2.75, 3.05) is 5.73 Å². The van der Waals surface area contributed by atoms with Gasteiger partial charge >= 0.3 is 0 Å². The lowest BCUT2D eigenvalue weighted by molar-refractivity contribution is 0.770. The van der Waals surface area contributed by atoms with Gasteiger partial charge < -0.3 is 5.73 Å². The maximum Gasteiger partial charge on any atom is 0.146 e. The molecule has 2 aromatic heterocycles. The van der Waals surface area contributed by atoms with Crippen LogP contribution in [0, 0.1) is 6.92 Å². The molecule has 0 bridgehead atoms. The quantitative estimate of drug-likeness (QED) is 0.719. The average molecular weight is 189 g/mol. The van der Waals surface area contributed by atoms with Gasteiger partial charge in [0.15, 0.2) is 0 Å². The van der Waals surface area contributed by atoms with Crippen molar-refractivity contribution in [3.05, 3.63) is 23.9 Å². The van der Waals surface area contributed by atoms with Crippen molar-refractivity contribution < 1.29 is 0 Å². The molecule has 5 nitrogen and oxygen atoms in total. The van der Waals surface area contributed by atoms with Gasteiger partial charge in [-0.2, -0.15) is 5.10 Å². The second-order valence-corrected chi connectivity index (χ2v) is 3.14. The molecule has 2 aromatic rings. The maximum atomic E-state index is 5.46. The van der Waals surface area contributed by atoms with Crippen molar-refractivity contribution in [3.8, 4) is 11.4 Å². The third kappa shape index (κ3) is 1.32. The number of nitrogen functional groups attached to an aromatic ring is 1. The summed E-state index contributed by atoms with van der Waals surface area (Å²) >= 11 is 0. The summed E-state index contributed by atoms with van der Waals surface area (Å²) in [5, 5.41) is 11.9. The molecule has 2 heterocycles. The van der Waals surface area contributed by atoms with Crippen LogP contribution in [0.4, 0.5) is 5.82 Å². The number of hydrogen-bond acceptors (Lipinski definition) is 4. The van der Waals surface area contributed by atoms with E-state index in [1.165, 1.54) is 0 Å². The summed E-state index contributed by atoms with van der Waals surface area (Å²) in [6.45, 7) is 1.99. The molecule has 0 aliphatic heterocycles. The van der Waals surface area contributed by atoms with E-state index in [1.807, 2.05) is 20.0 Å². The molecule has 0 unspecified atom stereocenters. The molecule has 0 aromatic carbocycles. The zero-order valence-electron chi connectivity index (χ0n) is 8.10. The Bertz CT molecular complexity index is 423. The van der Waals surface area contributed by atoms with Crippen molar-refractivity contribution in [2.45, 2.75) is 6.92 Å². The topological polar surface area (TPSA) is 69.6 Å². The van der Waals surface area contributed by atoms with Crippen LogP contribution in [-0.4, -0.2) is 20.0 Å². The van der Waals surface area contributed by atoms with Gasteiger partial charge in [0.1, 0.15) is 11.5 Å².